The van der Waals surface area contributed by atoms with Gasteiger partial charge in [-0.2, -0.15) is 0 Å². The van der Waals surface area contributed by atoms with E-state index >= 15 is 0 Å². The molecule has 1 fully saturated rings. The van der Waals surface area contributed by atoms with Crippen LogP contribution in [0.15, 0.2) is 24.3 Å². The molecule has 0 saturated carbocycles. The highest BCUT2D eigenvalue weighted by molar-refractivity contribution is 5.77. The van der Waals surface area contributed by atoms with Crippen LogP contribution >= 0.6 is 0 Å². The lowest BCUT2D eigenvalue weighted by molar-refractivity contribution is -0.133. The van der Waals surface area contributed by atoms with Gasteiger partial charge in [0.1, 0.15) is 11.6 Å². The second kappa shape index (κ2) is 5.82. The van der Waals surface area contributed by atoms with Gasteiger partial charge >= 0.3 is 0 Å². The van der Waals surface area contributed by atoms with Gasteiger partial charge in [-0.3, -0.25) is 4.79 Å². The van der Waals surface area contributed by atoms with Gasteiger partial charge in [0.15, 0.2) is 6.61 Å². The topological polar surface area (TPSA) is 41.6 Å². The number of carbonyl (C=O) groups excluding carboxylic acids is 1. The number of benzene rings is 1. The average Bonchev–Trinajstić information content (AvgIpc) is 2.90. The molecule has 1 aliphatic rings. The lowest BCUT2D eigenvalue weighted by Crippen LogP contribution is -2.40. The van der Waals surface area contributed by atoms with E-state index in [2.05, 4.69) is 5.32 Å². The Balaban J connectivity index is 1.82. The number of nitrogens with zero attached hydrogens (tertiary/aromatic N) is 1. The molecule has 1 saturated heterocycles. The van der Waals surface area contributed by atoms with Crippen LogP contribution in [0.1, 0.15) is 6.42 Å². The summed E-state index contributed by atoms with van der Waals surface area (Å²) >= 11 is 0. The summed E-state index contributed by atoms with van der Waals surface area (Å²) in [5.41, 5.74) is 0. The molecule has 1 unspecified atom stereocenters. The Morgan fingerprint density at radius 1 is 1.50 bits per heavy atom. The summed E-state index contributed by atoms with van der Waals surface area (Å²) in [5.74, 6) is 0.124. The van der Waals surface area contributed by atoms with Crippen molar-refractivity contribution in [3.05, 3.63) is 30.1 Å². The maximum absolute atomic E-state index is 12.7. The van der Waals surface area contributed by atoms with E-state index in [1.54, 1.807) is 11.9 Å². The number of hydrogen-bond acceptors (Lipinski definition) is 3. The minimum atomic E-state index is -0.317. The number of likely N-dealkylation sites (N-methyl/N-ethyl adjacent to an activating group) is 1. The highest BCUT2D eigenvalue weighted by Gasteiger charge is 2.23. The van der Waals surface area contributed by atoms with Crippen LogP contribution in [0.2, 0.25) is 0 Å². The maximum atomic E-state index is 12.7. The SMILES string of the molecule is CN(C(=O)COc1ccc(F)cc1)C1CCNC1. The van der Waals surface area contributed by atoms with Crippen molar-refractivity contribution in [2.75, 3.05) is 26.7 Å². The number of nitrogens with one attached hydrogen (secondary N) is 1. The van der Waals surface area contributed by atoms with Crippen LogP contribution < -0.4 is 10.1 Å². The first-order valence-electron chi connectivity index (χ1n) is 6.01. The van der Waals surface area contributed by atoms with Gasteiger partial charge in [-0.05, 0) is 37.2 Å². The quantitative estimate of drug-likeness (QED) is 0.870. The van der Waals surface area contributed by atoms with Gasteiger partial charge in [0.2, 0.25) is 0 Å². The minimum absolute atomic E-state index is 0.0152. The van der Waals surface area contributed by atoms with Crippen LogP contribution in [0, 0.1) is 5.82 Å². The van der Waals surface area contributed by atoms with E-state index in [1.807, 2.05) is 0 Å². The summed E-state index contributed by atoms with van der Waals surface area (Å²) in [6, 6.07) is 5.89. The smallest absolute Gasteiger partial charge is 0.260 e. The van der Waals surface area contributed by atoms with Crippen LogP contribution in [0.4, 0.5) is 4.39 Å². The first-order valence-corrected chi connectivity index (χ1v) is 6.01. The van der Waals surface area contributed by atoms with Gasteiger partial charge in [0, 0.05) is 19.6 Å². The third-order valence-electron chi connectivity index (χ3n) is 3.15. The Hall–Kier alpha value is -1.62. The molecule has 1 aliphatic heterocycles. The van der Waals surface area contributed by atoms with Gasteiger partial charge in [-0.25, -0.2) is 4.39 Å². The van der Waals surface area contributed by atoms with Gasteiger partial charge < -0.3 is 15.0 Å². The zero-order valence-corrected chi connectivity index (χ0v) is 10.4. The number of halogens is 1. The normalized spacial score (nSPS) is 18.7. The molecule has 98 valence electrons. The predicted molar refractivity (Wildman–Crippen MR) is 65.9 cm³/mol. The molecule has 0 radical (unpaired) electrons. The van der Waals surface area contributed by atoms with Gasteiger partial charge in [0.05, 0.1) is 0 Å². The van der Waals surface area contributed by atoms with Crippen LogP contribution in [0.25, 0.3) is 0 Å². The summed E-state index contributed by atoms with van der Waals surface area (Å²) in [7, 11) is 1.79. The molecule has 2 rings (SSSR count). The maximum Gasteiger partial charge on any atom is 0.260 e. The van der Waals surface area contributed by atoms with E-state index in [0.717, 1.165) is 19.5 Å². The van der Waals surface area contributed by atoms with Crippen LogP contribution in [0.3, 0.4) is 0 Å². The Morgan fingerprint density at radius 2 is 2.22 bits per heavy atom. The molecular formula is C13H17FN2O2. The van der Waals surface area contributed by atoms with E-state index in [9.17, 15) is 9.18 Å². The largest absolute Gasteiger partial charge is 0.484 e. The zero-order valence-electron chi connectivity index (χ0n) is 10.4. The van der Waals surface area contributed by atoms with Crippen LogP contribution in [-0.2, 0) is 4.79 Å². The predicted octanol–water partition coefficient (Wildman–Crippen LogP) is 1.02. The van der Waals surface area contributed by atoms with E-state index in [4.69, 9.17) is 4.74 Å². The number of carbonyl (C=O) groups is 1. The molecule has 1 aromatic carbocycles. The molecule has 1 amide bonds. The van der Waals surface area contributed by atoms with Crippen molar-refractivity contribution in [2.24, 2.45) is 0 Å². The lowest BCUT2D eigenvalue weighted by atomic mass is 10.2. The van der Waals surface area contributed by atoms with Crippen molar-refractivity contribution in [1.29, 1.82) is 0 Å². The Kier molecular flexibility index (Phi) is 4.15. The molecule has 0 aliphatic carbocycles. The fraction of sp³-hybridized carbons (Fsp3) is 0.462. The molecule has 0 aromatic heterocycles. The fourth-order valence-corrected chi connectivity index (χ4v) is 1.95. The standard InChI is InChI=1S/C13H17FN2O2/c1-16(11-6-7-15-8-11)13(17)9-18-12-4-2-10(14)3-5-12/h2-5,11,15H,6-9H2,1H3. The number of hydrogen-bond donors (Lipinski definition) is 1. The number of ether oxygens (including phenoxy) is 1. The van der Waals surface area contributed by atoms with E-state index in [0.29, 0.717) is 5.75 Å². The van der Waals surface area contributed by atoms with Crippen molar-refractivity contribution in [3.8, 4) is 5.75 Å². The monoisotopic (exact) mass is 252 g/mol. The molecule has 0 bridgehead atoms. The molecule has 4 nitrogen and oxygen atoms in total. The lowest BCUT2D eigenvalue weighted by Gasteiger charge is -2.23. The molecule has 0 spiro atoms. The summed E-state index contributed by atoms with van der Waals surface area (Å²) in [6.07, 6.45) is 0.971. The molecule has 1 atom stereocenters. The zero-order chi connectivity index (χ0) is 13.0. The average molecular weight is 252 g/mol. The Labute approximate surface area is 106 Å². The third kappa shape index (κ3) is 3.20. The van der Waals surface area contributed by atoms with Gasteiger partial charge in [-0.15, -0.1) is 0 Å². The van der Waals surface area contributed by atoms with Crippen molar-refractivity contribution in [2.45, 2.75) is 12.5 Å². The fourth-order valence-electron chi connectivity index (χ4n) is 1.95. The molecule has 1 N–H and O–H groups in total. The number of rotatable bonds is 4. The van der Waals surface area contributed by atoms with E-state index in [1.165, 1.54) is 24.3 Å². The molecule has 1 heterocycles. The second-order valence-electron chi connectivity index (χ2n) is 4.39. The molecule has 5 heteroatoms. The van der Waals surface area contributed by atoms with Gasteiger partial charge in [-0.1, -0.05) is 0 Å². The van der Waals surface area contributed by atoms with E-state index < -0.39 is 0 Å². The highest BCUT2D eigenvalue weighted by atomic mass is 19.1. The molecule has 1 aromatic rings. The Bertz CT molecular complexity index is 402. The van der Waals surface area contributed by atoms with Crippen LogP contribution in [-0.4, -0.2) is 43.6 Å². The van der Waals surface area contributed by atoms with E-state index in [-0.39, 0.29) is 24.4 Å². The molecular weight excluding hydrogens is 235 g/mol. The highest BCUT2D eigenvalue weighted by Crippen LogP contribution is 2.12. The summed E-state index contributed by atoms with van der Waals surface area (Å²) in [4.78, 5) is 13.6. The third-order valence-corrected chi connectivity index (χ3v) is 3.15. The summed E-state index contributed by atoms with van der Waals surface area (Å²) in [5, 5.41) is 3.21. The minimum Gasteiger partial charge on any atom is -0.484 e. The summed E-state index contributed by atoms with van der Waals surface area (Å²) in [6.45, 7) is 1.76. The van der Waals surface area contributed by atoms with Crippen LogP contribution in [0.5, 0.6) is 5.75 Å². The number of amides is 1. The first kappa shape index (κ1) is 12.8. The van der Waals surface area contributed by atoms with Crippen molar-refractivity contribution >= 4 is 5.91 Å². The Morgan fingerprint density at radius 3 is 2.83 bits per heavy atom. The second-order valence-corrected chi connectivity index (χ2v) is 4.39. The van der Waals surface area contributed by atoms with Crippen molar-refractivity contribution in [3.63, 3.8) is 0 Å². The van der Waals surface area contributed by atoms with Gasteiger partial charge in [0.25, 0.3) is 5.91 Å². The van der Waals surface area contributed by atoms with Crippen molar-refractivity contribution in [1.82, 2.24) is 10.2 Å². The first-order chi connectivity index (χ1) is 8.66. The molecule has 18 heavy (non-hydrogen) atoms. The van der Waals surface area contributed by atoms with Crippen molar-refractivity contribution < 1.29 is 13.9 Å². The summed E-state index contributed by atoms with van der Waals surface area (Å²) < 4.78 is 18.0.